The fourth-order valence-corrected chi connectivity index (χ4v) is 3.18. The molecule has 1 atom stereocenters. The van der Waals surface area contributed by atoms with E-state index in [-0.39, 0.29) is 0 Å². The first kappa shape index (κ1) is 15.0. The van der Waals surface area contributed by atoms with Crippen molar-refractivity contribution in [3.8, 4) is 0 Å². The molecular weight excluding hydrogens is 298 g/mol. The number of benzene rings is 1. The summed E-state index contributed by atoms with van der Waals surface area (Å²) >= 11 is 9.64. The maximum atomic E-state index is 6.13. The highest BCUT2D eigenvalue weighted by molar-refractivity contribution is 9.10. The van der Waals surface area contributed by atoms with Crippen LogP contribution in [0.25, 0.3) is 0 Å². The lowest BCUT2D eigenvalue weighted by Crippen LogP contribution is -2.27. The van der Waals surface area contributed by atoms with Crippen molar-refractivity contribution in [2.24, 2.45) is 5.92 Å². The summed E-state index contributed by atoms with van der Waals surface area (Å²) in [5, 5.41) is 4.37. The lowest BCUT2D eigenvalue weighted by Gasteiger charge is -2.27. The molecule has 1 unspecified atom stereocenters. The molecule has 0 saturated heterocycles. The molecule has 1 aromatic carbocycles. The van der Waals surface area contributed by atoms with Crippen molar-refractivity contribution >= 4 is 27.5 Å². The molecule has 0 heterocycles. The minimum atomic E-state index is 0.394. The van der Waals surface area contributed by atoms with E-state index in [1.807, 2.05) is 6.07 Å². The van der Waals surface area contributed by atoms with E-state index in [2.05, 4.69) is 54.2 Å². The maximum Gasteiger partial charge on any atom is 0.0420 e. The van der Waals surface area contributed by atoms with Crippen LogP contribution >= 0.6 is 27.5 Å². The summed E-state index contributed by atoms with van der Waals surface area (Å²) in [7, 11) is 0. The zero-order valence-electron chi connectivity index (χ0n) is 10.8. The summed E-state index contributed by atoms with van der Waals surface area (Å²) < 4.78 is 1.05. The summed E-state index contributed by atoms with van der Waals surface area (Å²) in [5.74, 6) is 0.653. The van der Waals surface area contributed by atoms with E-state index in [1.165, 1.54) is 18.4 Å². The van der Waals surface area contributed by atoms with Crippen molar-refractivity contribution in [2.75, 3.05) is 6.54 Å². The van der Waals surface area contributed by atoms with Gasteiger partial charge in [-0.05, 0) is 36.2 Å². The molecule has 0 spiro atoms. The van der Waals surface area contributed by atoms with Gasteiger partial charge >= 0.3 is 0 Å². The standard InChI is InChI=1S/C14H21BrClN/c1-4-10(5-2)14(17-6-3)11-7-12(15)9-13(16)8-11/h7-10,14,17H,4-6H2,1-3H3. The summed E-state index contributed by atoms with van der Waals surface area (Å²) in [6.07, 6.45) is 2.36. The van der Waals surface area contributed by atoms with Crippen molar-refractivity contribution < 1.29 is 0 Å². The van der Waals surface area contributed by atoms with E-state index in [9.17, 15) is 0 Å². The van der Waals surface area contributed by atoms with Gasteiger partial charge in [-0.15, -0.1) is 0 Å². The molecule has 96 valence electrons. The minimum absolute atomic E-state index is 0.394. The van der Waals surface area contributed by atoms with Crippen LogP contribution in [0, 0.1) is 5.92 Å². The maximum absolute atomic E-state index is 6.13. The molecule has 0 bridgehead atoms. The van der Waals surface area contributed by atoms with Crippen LogP contribution in [-0.2, 0) is 0 Å². The van der Waals surface area contributed by atoms with Gasteiger partial charge in [-0.3, -0.25) is 0 Å². The van der Waals surface area contributed by atoms with E-state index in [0.29, 0.717) is 12.0 Å². The predicted octanol–water partition coefficient (Wildman–Crippen LogP) is 5.19. The third-order valence-electron chi connectivity index (χ3n) is 3.19. The van der Waals surface area contributed by atoms with Gasteiger partial charge in [-0.25, -0.2) is 0 Å². The van der Waals surface area contributed by atoms with Crippen LogP contribution in [0.15, 0.2) is 22.7 Å². The van der Waals surface area contributed by atoms with Crippen LogP contribution in [0.2, 0.25) is 5.02 Å². The average molecular weight is 319 g/mol. The largest absolute Gasteiger partial charge is 0.310 e. The van der Waals surface area contributed by atoms with Gasteiger partial charge in [0.05, 0.1) is 0 Å². The lowest BCUT2D eigenvalue weighted by molar-refractivity contribution is 0.346. The van der Waals surface area contributed by atoms with Crippen LogP contribution in [0.5, 0.6) is 0 Å². The highest BCUT2D eigenvalue weighted by Gasteiger charge is 2.19. The fraction of sp³-hybridized carbons (Fsp3) is 0.571. The van der Waals surface area contributed by atoms with Gasteiger partial charge in [0.1, 0.15) is 0 Å². The topological polar surface area (TPSA) is 12.0 Å². The van der Waals surface area contributed by atoms with Crippen molar-refractivity contribution in [3.63, 3.8) is 0 Å². The van der Waals surface area contributed by atoms with Gasteiger partial charge in [-0.1, -0.05) is 61.1 Å². The molecule has 0 aliphatic heterocycles. The molecule has 1 nitrogen and oxygen atoms in total. The Morgan fingerprint density at radius 3 is 2.29 bits per heavy atom. The number of hydrogen-bond donors (Lipinski definition) is 1. The van der Waals surface area contributed by atoms with E-state index >= 15 is 0 Å². The second-order valence-electron chi connectivity index (χ2n) is 4.31. The molecule has 0 fully saturated rings. The van der Waals surface area contributed by atoms with Gasteiger partial charge in [-0.2, -0.15) is 0 Å². The van der Waals surface area contributed by atoms with Gasteiger partial charge < -0.3 is 5.32 Å². The van der Waals surface area contributed by atoms with Gasteiger partial charge in [0.15, 0.2) is 0 Å². The summed E-state index contributed by atoms with van der Waals surface area (Å²) in [4.78, 5) is 0. The van der Waals surface area contributed by atoms with Crippen LogP contribution in [0.4, 0.5) is 0 Å². The predicted molar refractivity (Wildman–Crippen MR) is 79.6 cm³/mol. The molecule has 0 amide bonds. The SMILES string of the molecule is CCNC(c1cc(Cl)cc(Br)c1)C(CC)CC. The van der Waals surface area contributed by atoms with Gasteiger partial charge in [0, 0.05) is 15.5 Å². The third-order valence-corrected chi connectivity index (χ3v) is 3.86. The quantitative estimate of drug-likeness (QED) is 0.761. The first-order valence-electron chi connectivity index (χ1n) is 6.31. The molecule has 0 aromatic heterocycles. The third kappa shape index (κ3) is 4.27. The highest BCUT2D eigenvalue weighted by Crippen LogP contribution is 2.31. The average Bonchev–Trinajstić information content (AvgIpc) is 2.28. The van der Waals surface area contributed by atoms with E-state index in [1.54, 1.807) is 0 Å². The minimum Gasteiger partial charge on any atom is -0.310 e. The van der Waals surface area contributed by atoms with Crippen molar-refractivity contribution in [1.29, 1.82) is 0 Å². The molecule has 17 heavy (non-hydrogen) atoms. The van der Waals surface area contributed by atoms with E-state index < -0.39 is 0 Å². The van der Waals surface area contributed by atoms with Crippen LogP contribution in [0.3, 0.4) is 0 Å². The van der Waals surface area contributed by atoms with Crippen molar-refractivity contribution in [3.05, 3.63) is 33.3 Å². The molecule has 0 aliphatic rings. The van der Waals surface area contributed by atoms with E-state index in [0.717, 1.165) is 16.0 Å². The van der Waals surface area contributed by atoms with Gasteiger partial charge in [0.25, 0.3) is 0 Å². The van der Waals surface area contributed by atoms with Crippen LogP contribution in [0.1, 0.15) is 45.2 Å². The Hall–Kier alpha value is -0.0500. The zero-order valence-corrected chi connectivity index (χ0v) is 13.1. The second kappa shape index (κ2) is 7.40. The number of hydrogen-bond acceptors (Lipinski definition) is 1. The molecule has 0 aliphatic carbocycles. The molecule has 0 saturated carbocycles. The monoisotopic (exact) mass is 317 g/mol. The Morgan fingerprint density at radius 2 is 1.82 bits per heavy atom. The van der Waals surface area contributed by atoms with Gasteiger partial charge in [0.2, 0.25) is 0 Å². The number of nitrogens with one attached hydrogen (secondary N) is 1. The summed E-state index contributed by atoms with van der Waals surface area (Å²) in [5.41, 5.74) is 1.28. The van der Waals surface area contributed by atoms with E-state index in [4.69, 9.17) is 11.6 Å². The molecular formula is C14H21BrClN. The summed E-state index contributed by atoms with van der Waals surface area (Å²) in [6.45, 7) is 7.62. The van der Waals surface area contributed by atoms with Crippen molar-refractivity contribution in [2.45, 2.75) is 39.7 Å². The number of rotatable bonds is 6. The Morgan fingerprint density at radius 1 is 1.18 bits per heavy atom. The first-order valence-corrected chi connectivity index (χ1v) is 7.48. The van der Waals surface area contributed by atoms with Crippen molar-refractivity contribution in [1.82, 2.24) is 5.32 Å². The Bertz CT molecular complexity index is 330. The first-order chi connectivity index (χ1) is 8.12. The fourth-order valence-electron chi connectivity index (χ4n) is 2.29. The Balaban J connectivity index is 3.03. The smallest absolute Gasteiger partial charge is 0.0420 e. The molecule has 3 heteroatoms. The second-order valence-corrected chi connectivity index (χ2v) is 5.67. The summed E-state index contributed by atoms with van der Waals surface area (Å²) in [6, 6.07) is 6.56. The number of halogens is 2. The molecule has 1 N–H and O–H groups in total. The normalized spacial score (nSPS) is 13.1. The Kier molecular flexibility index (Phi) is 6.53. The zero-order chi connectivity index (χ0) is 12.8. The Labute approximate surface area is 118 Å². The molecule has 0 radical (unpaired) electrons. The lowest BCUT2D eigenvalue weighted by atomic mass is 9.89. The van der Waals surface area contributed by atoms with Crippen LogP contribution < -0.4 is 5.32 Å². The molecule has 1 rings (SSSR count). The molecule has 1 aromatic rings. The van der Waals surface area contributed by atoms with Crippen LogP contribution in [-0.4, -0.2) is 6.54 Å². The highest BCUT2D eigenvalue weighted by atomic mass is 79.9.